The number of rotatable bonds is 0. The summed E-state index contributed by atoms with van der Waals surface area (Å²) < 4.78 is 47.9. The minimum atomic E-state index is -6.00. The summed E-state index contributed by atoms with van der Waals surface area (Å²) in [5, 5.41) is 14.8. The van der Waals surface area contributed by atoms with Crippen molar-refractivity contribution in [1.82, 2.24) is 0 Å². The van der Waals surface area contributed by atoms with Crippen LogP contribution in [0.5, 0.6) is 0 Å². The zero-order valence-corrected chi connectivity index (χ0v) is 8.89. The molecule has 0 aliphatic carbocycles. The van der Waals surface area contributed by atoms with Gasteiger partial charge in [0.2, 0.25) is 0 Å². The quantitative estimate of drug-likeness (QED) is 0.133. The van der Waals surface area contributed by atoms with Crippen LogP contribution in [0.1, 0.15) is 0 Å². The minimum absolute atomic E-state index is 0. The number of carbonyl (C=O) groups is 2. The standard InChI is InChI=1S/C2H2O4.BF4.Li.H3O4P/c3-1(4)2(5)6;2-1(3,4)5;;1-5(2,3)4/h(H,3,4)(H,5,6);;;(H3,1,2,3,4)/q;-1;+1;. The zero-order valence-electron chi connectivity index (χ0n) is 8.00. The van der Waals surface area contributed by atoms with Crippen molar-refractivity contribution in [3.63, 3.8) is 0 Å². The first kappa shape index (κ1) is 25.3. The number of halogens is 4. The summed E-state index contributed by atoms with van der Waals surface area (Å²) in [5.41, 5.74) is 0. The van der Waals surface area contributed by atoms with Crippen LogP contribution in [-0.2, 0) is 14.2 Å². The van der Waals surface area contributed by atoms with Crippen LogP contribution in [0.2, 0.25) is 0 Å². The van der Waals surface area contributed by atoms with Gasteiger partial charge in [-0.15, -0.1) is 0 Å². The second-order valence-electron chi connectivity index (χ2n) is 1.62. The molecule has 0 unspecified atom stereocenters. The first-order valence-electron chi connectivity index (χ1n) is 2.76. The number of hydrogen-bond acceptors (Lipinski definition) is 3. The van der Waals surface area contributed by atoms with E-state index in [2.05, 4.69) is 0 Å². The van der Waals surface area contributed by atoms with E-state index in [1.165, 1.54) is 0 Å². The molecule has 0 aliphatic heterocycles. The van der Waals surface area contributed by atoms with Gasteiger partial charge in [-0.3, -0.25) is 0 Å². The van der Waals surface area contributed by atoms with Gasteiger partial charge in [-0.1, -0.05) is 0 Å². The monoisotopic (exact) mass is 282 g/mol. The molecule has 0 saturated heterocycles. The summed E-state index contributed by atoms with van der Waals surface area (Å²) in [7, 11) is -10.6. The van der Waals surface area contributed by atoms with Gasteiger partial charge in [0.05, 0.1) is 0 Å². The van der Waals surface area contributed by atoms with Crippen molar-refractivity contribution in [3.8, 4) is 0 Å². The molecule has 8 nitrogen and oxygen atoms in total. The number of phosphoric acid groups is 1. The molecule has 0 heterocycles. The van der Waals surface area contributed by atoms with Gasteiger partial charge in [0.15, 0.2) is 0 Å². The fraction of sp³-hybridized carbons (Fsp3) is 0. The molecule has 0 aromatic heterocycles. The van der Waals surface area contributed by atoms with E-state index in [0.717, 1.165) is 0 Å². The minimum Gasteiger partial charge on any atom is -0.473 e. The van der Waals surface area contributed by atoms with Crippen LogP contribution in [0.4, 0.5) is 17.3 Å². The smallest absolute Gasteiger partial charge is 0.473 e. The molecule has 0 aliphatic rings. The summed E-state index contributed by atoms with van der Waals surface area (Å²) in [4.78, 5) is 39.8. The van der Waals surface area contributed by atoms with E-state index in [9.17, 15) is 17.3 Å². The first-order chi connectivity index (χ1) is 6.64. The second kappa shape index (κ2) is 10.6. The van der Waals surface area contributed by atoms with Gasteiger partial charge < -0.3 is 42.2 Å². The molecule has 0 aromatic carbocycles. The van der Waals surface area contributed by atoms with Crippen molar-refractivity contribution in [1.29, 1.82) is 0 Å². The van der Waals surface area contributed by atoms with Crippen LogP contribution < -0.4 is 18.9 Å². The van der Waals surface area contributed by atoms with Gasteiger partial charge in [0, 0.05) is 0 Å². The van der Waals surface area contributed by atoms with E-state index in [-0.39, 0.29) is 18.9 Å². The molecule has 0 fully saturated rings. The van der Waals surface area contributed by atoms with Crippen molar-refractivity contribution in [3.05, 3.63) is 0 Å². The van der Waals surface area contributed by atoms with Crippen LogP contribution in [-0.4, -0.2) is 44.1 Å². The van der Waals surface area contributed by atoms with E-state index in [4.69, 9.17) is 39.0 Å². The maximum Gasteiger partial charge on any atom is 1.00 e. The fourth-order valence-corrected chi connectivity index (χ4v) is 0. The SMILES string of the molecule is F[B-](F)(F)F.O=C(O)C(=O)O.O=P(O)(O)O.[Li+]. The van der Waals surface area contributed by atoms with Crippen molar-refractivity contribution < 1.29 is 75.2 Å². The average Bonchev–Trinajstić information content (AvgIpc) is 1.77. The Morgan fingerprint density at radius 2 is 0.941 bits per heavy atom. The number of carboxylic acids is 2. The average molecular weight is 282 g/mol. The maximum atomic E-state index is 9.75. The fourth-order valence-electron chi connectivity index (χ4n) is 0. The van der Waals surface area contributed by atoms with Crippen LogP contribution >= 0.6 is 7.82 Å². The van der Waals surface area contributed by atoms with Gasteiger partial charge >= 0.3 is 45.9 Å². The molecular formula is C2H5BF4LiO8P. The summed E-state index contributed by atoms with van der Waals surface area (Å²) in [6.07, 6.45) is 0. The van der Waals surface area contributed by atoms with E-state index in [0.29, 0.717) is 0 Å². The summed E-state index contributed by atoms with van der Waals surface area (Å²) in [6, 6.07) is 0. The Morgan fingerprint density at radius 1 is 0.882 bits per heavy atom. The third-order valence-electron chi connectivity index (χ3n) is 0.183. The molecular weight excluding hydrogens is 277 g/mol. The van der Waals surface area contributed by atoms with E-state index in [1.807, 2.05) is 0 Å². The number of hydrogen-bond donors (Lipinski definition) is 5. The molecule has 17 heavy (non-hydrogen) atoms. The van der Waals surface area contributed by atoms with E-state index in [1.54, 1.807) is 0 Å². The molecule has 5 N–H and O–H groups in total. The largest absolute Gasteiger partial charge is 1.00 e. The van der Waals surface area contributed by atoms with E-state index < -0.39 is 27.0 Å². The maximum absolute atomic E-state index is 9.75. The topological polar surface area (TPSA) is 152 Å². The molecule has 98 valence electrons. The van der Waals surface area contributed by atoms with Crippen molar-refractivity contribution in [2.24, 2.45) is 0 Å². The molecule has 0 amide bonds. The van der Waals surface area contributed by atoms with Crippen LogP contribution in [0.25, 0.3) is 0 Å². The van der Waals surface area contributed by atoms with Crippen LogP contribution in [0.3, 0.4) is 0 Å². The van der Waals surface area contributed by atoms with Gasteiger partial charge in [-0.05, 0) is 0 Å². The first-order valence-corrected chi connectivity index (χ1v) is 4.33. The molecule has 0 rings (SSSR count). The predicted octanol–water partition coefficient (Wildman–Crippen LogP) is -3.47. The van der Waals surface area contributed by atoms with Crippen LogP contribution in [0, 0.1) is 0 Å². The predicted molar refractivity (Wildman–Crippen MR) is 39.7 cm³/mol. The number of aliphatic carboxylic acids is 2. The van der Waals surface area contributed by atoms with Crippen molar-refractivity contribution >= 4 is 27.0 Å². The van der Waals surface area contributed by atoms with Crippen molar-refractivity contribution in [2.45, 2.75) is 0 Å². The Morgan fingerprint density at radius 3 is 0.941 bits per heavy atom. The third-order valence-corrected chi connectivity index (χ3v) is 0.183. The molecule has 15 heteroatoms. The molecule has 0 radical (unpaired) electrons. The number of carboxylic acid groups (broad SMARTS) is 2. The van der Waals surface area contributed by atoms with Crippen LogP contribution in [0.15, 0.2) is 0 Å². The molecule has 0 saturated carbocycles. The normalized spacial score (nSPS) is 9.59. The Balaban J connectivity index is -0.0000000729. The Bertz CT molecular complexity index is 249. The van der Waals surface area contributed by atoms with E-state index >= 15 is 0 Å². The summed E-state index contributed by atoms with van der Waals surface area (Å²) >= 11 is 0. The molecule has 0 aromatic rings. The Hall–Kier alpha value is -0.568. The summed E-state index contributed by atoms with van der Waals surface area (Å²) in [6.45, 7) is 0. The molecule has 0 spiro atoms. The molecule has 0 atom stereocenters. The zero-order chi connectivity index (χ0) is 14.2. The van der Waals surface area contributed by atoms with Gasteiger partial charge in [-0.25, -0.2) is 14.2 Å². The van der Waals surface area contributed by atoms with Gasteiger partial charge in [-0.2, -0.15) is 0 Å². The molecule has 0 bridgehead atoms. The second-order valence-corrected chi connectivity index (χ2v) is 2.65. The van der Waals surface area contributed by atoms with Gasteiger partial charge in [0.1, 0.15) is 0 Å². The van der Waals surface area contributed by atoms with Gasteiger partial charge in [0.25, 0.3) is 0 Å². The third kappa shape index (κ3) is 236. The van der Waals surface area contributed by atoms with Crippen molar-refractivity contribution in [2.75, 3.05) is 0 Å². The Labute approximate surface area is 103 Å². The summed E-state index contributed by atoms with van der Waals surface area (Å²) in [5.74, 6) is -3.65. The Kier molecular flexibility index (Phi) is 15.8.